The summed E-state index contributed by atoms with van der Waals surface area (Å²) in [5.74, 6) is 1.17. The molecule has 2 aliphatic heterocycles. The predicted molar refractivity (Wildman–Crippen MR) is 115 cm³/mol. The Morgan fingerprint density at radius 3 is 2.66 bits per heavy atom. The summed E-state index contributed by atoms with van der Waals surface area (Å²) in [6, 6.07) is 13.1. The van der Waals surface area contributed by atoms with Gasteiger partial charge in [-0.1, -0.05) is 19.1 Å². The van der Waals surface area contributed by atoms with Crippen molar-refractivity contribution in [1.82, 2.24) is 5.32 Å². The first kappa shape index (κ1) is 19.5. The minimum absolute atomic E-state index is 0.0152. The lowest BCUT2D eigenvalue weighted by atomic mass is 9.80. The topological polar surface area (TPSA) is 60.0 Å². The molecular formula is C22H24N2O4S. The number of benzene rings is 2. The highest BCUT2D eigenvalue weighted by atomic mass is 32.1. The number of anilines is 1. The maximum absolute atomic E-state index is 12.0. The van der Waals surface area contributed by atoms with Crippen LogP contribution in [0, 0.1) is 5.92 Å². The molecule has 2 aromatic carbocycles. The van der Waals surface area contributed by atoms with E-state index in [9.17, 15) is 4.79 Å². The Morgan fingerprint density at radius 1 is 1.28 bits per heavy atom. The van der Waals surface area contributed by atoms with Gasteiger partial charge in [-0.05, 0) is 56.4 Å². The summed E-state index contributed by atoms with van der Waals surface area (Å²) in [5.41, 5.74) is 1.65. The van der Waals surface area contributed by atoms with Gasteiger partial charge < -0.3 is 19.5 Å². The second-order valence-electron chi connectivity index (χ2n) is 7.35. The highest BCUT2D eigenvalue weighted by molar-refractivity contribution is 7.80. The molecule has 2 bridgehead atoms. The van der Waals surface area contributed by atoms with Crippen LogP contribution in [0.15, 0.2) is 42.5 Å². The van der Waals surface area contributed by atoms with Crippen molar-refractivity contribution in [3.63, 3.8) is 0 Å². The van der Waals surface area contributed by atoms with E-state index in [2.05, 4.69) is 12.2 Å². The first-order valence-corrected chi connectivity index (χ1v) is 10.0. The second kappa shape index (κ2) is 7.22. The zero-order valence-corrected chi connectivity index (χ0v) is 17.7. The van der Waals surface area contributed by atoms with E-state index in [1.807, 2.05) is 42.2 Å². The highest BCUT2D eigenvalue weighted by Crippen LogP contribution is 2.51. The molecule has 1 saturated heterocycles. The molecule has 1 fully saturated rings. The third kappa shape index (κ3) is 3.00. The first-order valence-electron chi connectivity index (χ1n) is 9.64. The van der Waals surface area contributed by atoms with Crippen LogP contribution in [0.1, 0.15) is 42.7 Å². The van der Waals surface area contributed by atoms with Crippen LogP contribution < -0.4 is 19.7 Å². The molecule has 1 N–H and O–H groups in total. The third-order valence-corrected chi connectivity index (χ3v) is 6.08. The van der Waals surface area contributed by atoms with Crippen LogP contribution in [0.3, 0.4) is 0 Å². The molecule has 2 aliphatic rings. The summed E-state index contributed by atoms with van der Waals surface area (Å²) in [7, 11) is 1.64. The van der Waals surface area contributed by atoms with Crippen LogP contribution in [-0.4, -0.2) is 30.5 Å². The molecule has 2 heterocycles. The molecule has 4 rings (SSSR count). The number of thiocarbonyl (C=S) groups is 1. The summed E-state index contributed by atoms with van der Waals surface area (Å²) < 4.78 is 17.2. The standard InChI is InChI=1S/C22H24N2O4S/c1-5-27-20(25)14-9-11-15(12-10-14)24-21(29)23-18-13(2)22(24,3)28-19-16(18)7-6-8-17(19)26-4/h6-13,18H,5H2,1-4H3,(H,23,29). The zero-order valence-electron chi connectivity index (χ0n) is 16.9. The fourth-order valence-electron chi connectivity index (χ4n) is 4.11. The highest BCUT2D eigenvalue weighted by Gasteiger charge is 2.54. The van der Waals surface area contributed by atoms with Crippen molar-refractivity contribution >= 4 is 29.0 Å². The second-order valence-corrected chi connectivity index (χ2v) is 7.74. The summed E-state index contributed by atoms with van der Waals surface area (Å²) in [4.78, 5) is 13.9. The summed E-state index contributed by atoms with van der Waals surface area (Å²) >= 11 is 5.72. The molecule has 2 aromatic rings. The Bertz CT molecular complexity index is 962. The van der Waals surface area contributed by atoms with Crippen molar-refractivity contribution in [3.05, 3.63) is 53.6 Å². The number of carbonyl (C=O) groups excluding carboxylic acids is 1. The van der Waals surface area contributed by atoms with E-state index in [4.69, 9.17) is 26.4 Å². The van der Waals surface area contributed by atoms with Crippen LogP contribution in [0.2, 0.25) is 0 Å². The Kier molecular flexibility index (Phi) is 4.86. The quantitative estimate of drug-likeness (QED) is 0.600. The van der Waals surface area contributed by atoms with E-state index in [0.717, 1.165) is 17.0 Å². The first-order chi connectivity index (χ1) is 13.9. The van der Waals surface area contributed by atoms with E-state index in [-0.39, 0.29) is 17.9 Å². The fraction of sp³-hybridized carbons (Fsp3) is 0.364. The molecule has 7 heteroatoms. The van der Waals surface area contributed by atoms with Crippen molar-refractivity contribution in [3.8, 4) is 11.5 Å². The molecule has 29 heavy (non-hydrogen) atoms. The number of ether oxygens (including phenoxy) is 3. The normalized spacial score (nSPS) is 24.8. The van der Waals surface area contributed by atoms with Gasteiger partial charge >= 0.3 is 5.97 Å². The van der Waals surface area contributed by atoms with E-state index in [1.165, 1.54) is 0 Å². The van der Waals surface area contributed by atoms with E-state index >= 15 is 0 Å². The number of carbonyl (C=O) groups is 1. The number of hydrogen-bond acceptors (Lipinski definition) is 5. The van der Waals surface area contributed by atoms with Crippen LogP contribution in [0.5, 0.6) is 11.5 Å². The van der Waals surface area contributed by atoms with Gasteiger partial charge in [0, 0.05) is 17.2 Å². The van der Waals surface area contributed by atoms with Crippen molar-refractivity contribution < 1.29 is 19.0 Å². The maximum atomic E-state index is 12.0. The Balaban J connectivity index is 1.75. The smallest absolute Gasteiger partial charge is 0.338 e. The summed E-state index contributed by atoms with van der Waals surface area (Å²) in [6.07, 6.45) is 0. The molecule has 0 radical (unpaired) electrons. The lowest BCUT2D eigenvalue weighted by Gasteiger charge is -2.56. The van der Waals surface area contributed by atoms with Crippen molar-refractivity contribution in [1.29, 1.82) is 0 Å². The van der Waals surface area contributed by atoms with Gasteiger partial charge in [-0.3, -0.25) is 4.90 Å². The zero-order chi connectivity index (χ0) is 20.8. The number of para-hydroxylation sites is 1. The number of hydrogen-bond donors (Lipinski definition) is 1. The molecule has 0 amide bonds. The number of nitrogens with zero attached hydrogens (tertiary/aromatic N) is 1. The van der Waals surface area contributed by atoms with Gasteiger partial charge in [0.15, 0.2) is 22.3 Å². The minimum atomic E-state index is -0.722. The Hall–Kier alpha value is -2.80. The average molecular weight is 413 g/mol. The van der Waals surface area contributed by atoms with E-state index in [1.54, 1.807) is 26.2 Å². The number of nitrogens with one attached hydrogen (secondary N) is 1. The molecule has 6 nitrogen and oxygen atoms in total. The lowest BCUT2D eigenvalue weighted by Crippen LogP contribution is -2.69. The van der Waals surface area contributed by atoms with E-state index in [0.29, 0.717) is 23.0 Å². The largest absolute Gasteiger partial charge is 0.493 e. The molecule has 0 spiro atoms. The third-order valence-electron chi connectivity index (χ3n) is 5.78. The molecule has 152 valence electrons. The van der Waals surface area contributed by atoms with Crippen molar-refractivity contribution in [2.75, 3.05) is 18.6 Å². The SMILES string of the molecule is CCOC(=O)c1ccc(N2C(=S)NC3c4cccc(OC)c4OC2(C)C3C)cc1. The van der Waals surface area contributed by atoms with E-state index < -0.39 is 5.72 Å². The Morgan fingerprint density at radius 2 is 2.00 bits per heavy atom. The molecule has 3 unspecified atom stereocenters. The maximum Gasteiger partial charge on any atom is 0.338 e. The van der Waals surface area contributed by atoms with Crippen LogP contribution in [-0.2, 0) is 4.74 Å². The van der Waals surface area contributed by atoms with Gasteiger partial charge in [-0.25, -0.2) is 4.79 Å². The minimum Gasteiger partial charge on any atom is -0.493 e. The molecular weight excluding hydrogens is 388 g/mol. The summed E-state index contributed by atoms with van der Waals surface area (Å²) in [6.45, 7) is 6.30. The van der Waals surface area contributed by atoms with Gasteiger partial charge in [-0.15, -0.1) is 0 Å². The molecule has 0 saturated carbocycles. The predicted octanol–water partition coefficient (Wildman–Crippen LogP) is 4.05. The average Bonchev–Trinajstić information content (AvgIpc) is 2.71. The molecule has 3 atom stereocenters. The lowest BCUT2D eigenvalue weighted by molar-refractivity contribution is -0.00546. The number of esters is 1. The number of methoxy groups -OCH3 is 1. The number of rotatable bonds is 4. The van der Waals surface area contributed by atoms with Gasteiger partial charge in [0.2, 0.25) is 0 Å². The molecule has 0 aliphatic carbocycles. The van der Waals surface area contributed by atoms with Crippen LogP contribution in [0.4, 0.5) is 5.69 Å². The number of fused-ring (bicyclic) bond motifs is 4. The van der Waals surface area contributed by atoms with Gasteiger partial charge in [0.1, 0.15) is 0 Å². The van der Waals surface area contributed by atoms with Crippen LogP contribution in [0.25, 0.3) is 0 Å². The van der Waals surface area contributed by atoms with Gasteiger partial charge in [0.25, 0.3) is 0 Å². The summed E-state index contributed by atoms with van der Waals surface area (Å²) in [5, 5.41) is 4.04. The molecule has 0 aromatic heterocycles. The van der Waals surface area contributed by atoms with Crippen LogP contribution >= 0.6 is 12.2 Å². The monoisotopic (exact) mass is 412 g/mol. The Labute approximate surface area is 175 Å². The fourth-order valence-corrected chi connectivity index (χ4v) is 4.53. The van der Waals surface area contributed by atoms with Gasteiger partial charge in [0.05, 0.1) is 25.3 Å². The van der Waals surface area contributed by atoms with Gasteiger partial charge in [-0.2, -0.15) is 0 Å². The van der Waals surface area contributed by atoms with Crippen molar-refractivity contribution in [2.45, 2.75) is 32.5 Å². The van der Waals surface area contributed by atoms with Crippen molar-refractivity contribution in [2.24, 2.45) is 5.92 Å².